The van der Waals surface area contributed by atoms with Crippen LogP contribution in [-0.2, 0) is 0 Å². The monoisotopic (exact) mass is 277 g/mol. The van der Waals surface area contributed by atoms with Gasteiger partial charge in [0.15, 0.2) is 5.96 Å². The maximum Gasteiger partial charge on any atom is 0.220 e. The fourth-order valence-corrected chi connectivity index (χ4v) is 1.65. The maximum atomic E-state index is 7.87. The number of halogens is 1. The van der Waals surface area contributed by atoms with Crippen molar-refractivity contribution in [1.82, 2.24) is 9.80 Å². The van der Waals surface area contributed by atoms with Crippen LogP contribution in [0.2, 0.25) is 0 Å². The Balaban J connectivity index is 0. The molecular formula is C12H28ClN5. The highest BCUT2D eigenvalue weighted by Crippen LogP contribution is 1.97. The Morgan fingerprint density at radius 3 is 1.78 bits per heavy atom. The first-order valence-electron chi connectivity index (χ1n) is 6.53. The standard InChI is InChI=1S/C12H27N5.ClH/c1-5-9-17(10-6-2)12(14)15-11(13)16(7-3)8-4;/h5-10H2,1-4H3,(H3,13,14,15);1H. The van der Waals surface area contributed by atoms with E-state index in [1.54, 1.807) is 0 Å². The minimum absolute atomic E-state index is 0. The van der Waals surface area contributed by atoms with E-state index in [0.29, 0.717) is 5.96 Å². The summed E-state index contributed by atoms with van der Waals surface area (Å²) in [5.74, 6) is 0.718. The summed E-state index contributed by atoms with van der Waals surface area (Å²) in [5.41, 5.74) is 5.95. The van der Waals surface area contributed by atoms with Gasteiger partial charge in [0.25, 0.3) is 0 Å². The first kappa shape index (κ1) is 19.4. The lowest BCUT2D eigenvalue weighted by atomic mass is 10.4. The van der Waals surface area contributed by atoms with Crippen LogP contribution in [0.25, 0.3) is 0 Å². The summed E-state index contributed by atoms with van der Waals surface area (Å²) in [6.07, 6.45) is 2.07. The molecule has 0 saturated carbocycles. The molecule has 0 aliphatic heterocycles. The molecule has 0 atom stereocenters. The fourth-order valence-electron chi connectivity index (χ4n) is 1.65. The van der Waals surface area contributed by atoms with Crippen molar-refractivity contribution in [3.63, 3.8) is 0 Å². The number of hydrogen-bond donors (Lipinski definition) is 2. The highest BCUT2D eigenvalue weighted by Gasteiger charge is 2.09. The van der Waals surface area contributed by atoms with Crippen molar-refractivity contribution in [2.45, 2.75) is 40.5 Å². The lowest BCUT2D eigenvalue weighted by molar-refractivity contribution is 0.410. The van der Waals surface area contributed by atoms with Gasteiger partial charge in [-0.1, -0.05) is 13.8 Å². The van der Waals surface area contributed by atoms with Gasteiger partial charge < -0.3 is 15.5 Å². The summed E-state index contributed by atoms with van der Waals surface area (Å²) in [5, 5.41) is 7.87. The molecule has 0 aromatic carbocycles. The summed E-state index contributed by atoms with van der Waals surface area (Å²) < 4.78 is 0. The number of guanidine groups is 2. The number of nitrogens with zero attached hydrogens (tertiary/aromatic N) is 3. The minimum Gasteiger partial charge on any atom is -0.369 e. The molecule has 0 heterocycles. The van der Waals surface area contributed by atoms with Crippen molar-refractivity contribution >= 4 is 24.3 Å². The van der Waals surface area contributed by atoms with Crippen molar-refractivity contribution in [3.05, 3.63) is 0 Å². The van der Waals surface area contributed by atoms with Gasteiger partial charge in [-0.25, -0.2) is 0 Å². The van der Waals surface area contributed by atoms with Crippen molar-refractivity contribution < 1.29 is 0 Å². The van der Waals surface area contributed by atoms with Crippen LogP contribution in [0.5, 0.6) is 0 Å². The third-order valence-corrected chi connectivity index (χ3v) is 2.59. The number of nitrogens with one attached hydrogen (secondary N) is 1. The highest BCUT2D eigenvalue weighted by molar-refractivity contribution is 5.92. The van der Waals surface area contributed by atoms with Crippen LogP contribution in [0.3, 0.4) is 0 Å². The predicted octanol–water partition coefficient (Wildman–Crippen LogP) is 2.12. The molecule has 0 bridgehead atoms. The molecule has 0 saturated heterocycles. The molecule has 5 nitrogen and oxygen atoms in total. The Bertz CT molecular complexity index is 245. The predicted molar refractivity (Wildman–Crippen MR) is 81.7 cm³/mol. The molecule has 0 aliphatic carbocycles. The van der Waals surface area contributed by atoms with Crippen molar-refractivity contribution in [2.24, 2.45) is 10.7 Å². The molecule has 0 radical (unpaired) electrons. The zero-order chi connectivity index (χ0) is 13.3. The van der Waals surface area contributed by atoms with E-state index in [9.17, 15) is 0 Å². The molecule has 108 valence electrons. The molecule has 18 heavy (non-hydrogen) atoms. The largest absolute Gasteiger partial charge is 0.369 e. The molecule has 0 unspecified atom stereocenters. The second-order valence-electron chi connectivity index (χ2n) is 3.95. The summed E-state index contributed by atoms with van der Waals surface area (Å²) >= 11 is 0. The number of hydrogen-bond acceptors (Lipinski definition) is 1. The molecular weight excluding hydrogens is 250 g/mol. The van der Waals surface area contributed by atoms with Gasteiger partial charge in [-0.15, -0.1) is 12.4 Å². The van der Waals surface area contributed by atoms with E-state index >= 15 is 0 Å². The summed E-state index contributed by atoms with van der Waals surface area (Å²) in [6, 6.07) is 0. The van der Waals surface area contributed by atoms with Gasteiger partial charge in [0, 0.05) is 26.2 Å². The summed E-state index contributed by atoms with van der Waals surface area (Å²) in [4.78, 5) is 8.10. The molecule has 0 fully saturated rings. The number of nitrogens with two attached hydrogens (primary N) is 1. The molecule has 0 rings (SSSR count). The third kappa shape index (κ3) is 6.69. The van der Waals surface area contributed by atoms with E-state index in [1.807, 2.05) is 23.6 Å². The van der Waals surface area contributed by atoms with Crippen molar-refractivity contribution in [1.29, 1.82) is 5.41 Å². The topological polar surface area (TPSA) is 68.7 Å². The highest BCUT2D eigenvalue weighted by atomic mass is 35.5. The first-order chi connectivity index (χ1) is 8.10. The van der Waals surface area contributed by atoms with Crippen LogP contribution >= 0.6 is 12.4 Å². The molecule has 0 spiro atoms. The minimum atomic E-state index is 0. The second-order valence-corrected chi connectivity index (χ2v) is 3.95. The van der Waals surface area contributed by atoms with Crippen molar-refractivity contribution in [2.75, 3.05) is 26.2 Å². The zero-order valence-electron chi connectivity index (χ0n) is 12.1. The molecule has 0 aromatic rings. The Hall–Kier alpha value is -0.970. The Labute approximate surface area is 117 Å². The molecule has 6 heteroatoms. The Kier molecular flexibility index (Phi) is 12.0. The van der Waals surface area contributed by atoms with E-state index in [2.05, 4.69) is 18.8 Å². The molecule has 3 N–H and O–H groups in total. The van der Waals surface area contributed by atoms with Crippen LogP contribution in [0, 0.1) is 5.41 Å². The van der Waals surface area contributed by atoms with Crippen LogP contribution in [0.1, 0.15) is 40.5 Å². The van der Waals surface area contributed by atoms with Gasteiger partial charge in [0.2, 0.25) is 5.96 Å². The van der Waals surface area contributed by atoms with Gasteiger partial charge in [-0.2, -0.15) is 4.99 Å². The molecule has 0 amide bonds. The van der Waals surface area contributed by atoms with Crippen LogP contribution < -0.4 is 5.73 Å². The van der Waals surface area contributed by atoms with Gasteiger partial charge in [0.1, 0.15) is 0 Å². The quantitative estimate of drug-likeness (QED) is 0.577. The lowest BCUT2D eigenvalue weighted by Crippen LogP contribution is -2.40. The van der Waals surface area contributed by atoms with Crippen LogP contribution in [-0.4, -0.2) is 47.9 Å². The normalized spacial score (nSPS) is 10.8. The summed E-state index contributed by atoms with van der Waals surface area (Å²) in [7, 11) is 0. The number of rotatable bonds is 6. The molecule has 0 aromatic heterocycles. The third-order valence-electron chi connectivity index (χ3n) is 2.59. The van der Waals surface area contributed by atoms with Gasteiger partial charge in [-0.3, -0.25) is 5.41 Å². The first-order valence-corrected chi connectivity index (χ1v) is 6.53. The average Bonchev–Trinajstić information content (AvgIpc) is 2.30. The van der Waals surface area contributed by atoms with E-state index in [4.69, 9.17) is 11.1 Å². The van der Waals surface area contributed by atoms with Crippen molar-refractivity contribution in [3.8, 4) is 0 Å². The van der Waals surface area contributed by atoms with E-state index in [0.717, 1.165) is 39.0 Å². The van der Waals surface area contributed by atoms with E-state index in [-0.39, 0.29) is 18.4 Å². The van der Waals surface area contributed by atoms with Crippen LogP contribution in [0.4, 0.5) is 0 Å². The summed E-state index contributed by atoms with van der Waals surface area (Å²) in [6.45, 7) is 11.6. The van der Waals surface area contributed by atoms with Crippen LogP contribution in [0.15, 0.2) is 4.99 Å². The number of aliphatic imine (C=N–C) groups is 1. The van der Waals surface area contributed by atoms with E-state index in [1.165, 1.54) is 0 Å². The zero-order valence-corrected chi connectivity index (χ0v) is 12.9. The SMILES string of the molecule is CCCN(CCC)/C(N)=N/C(=N)N(CC)CC.Cl. The molecule has 0 aliphatic rings. The maximum absolute atomic E-state index is 7.87. The van der Waals surface area contributed by atoms with Gasteiger partial charge in [0.05, 0.1) is 0 Å². The fraction of sp³-hybridized carbons (Fsp3) is 0.833. The smallest absolute Gasteiger partial charge is 0.220 e. The Morgan fingerprint density at radius 2 is 1.44 bits per heavy atom. The van der Waals surface area contributed by atoms with Gasteiger partial charge >= 0.3 is 0 Å². The van der Waals surface area contributed by atoms with E-state index < -0.39 is 0 Å². The van der Waals surface area contributed by atoms with Gasteiger partial charge in [-0.05, 0) is 26.7 Å². The lowest BCUT2D eigenvalue weighted by Gasteiger charge is -2.24. The Morgan fingerprint density at radius 1 is 1.00 bits per heavy atom. The second kappa shape index (κ2) is 11.1. The average molecular weight is 278 g/mol.